The topological polar surface area (TPSA) is 66.5 Å². The van der Waals surface area contributed by atoms with Crippen molar-refractivity contribution in [2.24, 2.45) is 0 Å². The Morgan fingerprint density at radius 1 is 1.13 bits per heavy atom. The molecule has 5 nitrogen and oxygen atoms in total. The van der Waals surface area contributed by atoms with Crippen LogP contribution < -0.4 is 5.32 Å². The molecule has 1 atom stereocenters. The van der Waals surface area contributed by atoms with Crippen molar-refractivity contribution in [3.63, 3.8) is 0 Å². The van der Waals surface area contributed by atoms with Crippen molar-refractivity contribution in [1.82, 2.24) is 9.62 Å². The van der Waals surface area contributed by atoms with Crippen molar-refractivity contribution in [2.45, 2.75) is 43.8 Å². The summed E-state index contributed by atoms with van der Waals surface area (Å²) in [5.74, 6) is -0.542. The number of aryl methyl sites for hydroxylation is 2. The number of hydrogen-bond donors (Lipinski definition) is 1. The summed E-state index contributed by atoms with van der Waals surface area (Å²) in [5.41, 5.74) is 0.746. The number of halogens is 3. The van der Waals surface area contributed by atoms with E-state index >= 15 is 0 Å². The standard InChI is InChI=1S/C21H23F3N2O3S/c1-14-5-6-15(2)19(12-14)30(28,29)26-11-3-4-18(26)13-25-20(27)16-7-9-17(10-8-16)21(22,23)24/h5-10,12,18H,3-4,11,13H2,1-2H3,(H,25,27). The third kappa shape index (κ3) is 4.67. The molecule has 0 aliphatic carbocycles. The minimum atomic E-state index is -4.47. The summed E-state index contributed by atoms with van der Waals surface area (Å²) in [6.07, 6.45) is -3.20. The SMILES string of the molecule is Cc1ccc(C)c(S(=O)(=O)N2CCCC2CNC(=O)c2ccc(C(F)(F)F)cc2)c1. The lowest BCUT2D eigenvalue weighted by Gasteiger charge is -2.25. The van der Waals surface area contributed by atoms with Crippen LogP contribution in [0.3, 0.4) is 0 Å². The van der Waals surface area contributed by atoms with Crippen LogP contribution in [0.5, 0.6) is 0 Å². The fourth-order valence-corrected chi connectivity index (χ4v) is 5.57. The number of carbonyl (C=O) groups excluding carboxylic acids is 1. The van der Waals surface area contributed by atoms with Crippen molar-refractivity contribution in [3.8, 4) is 0 Å². The second-order valence-electron chi connectivity index (χ2n) is 7.47. The van der Waals surface area contributed by atoms with Gasteiger partial charge in [-0.1, -0.05) is 12.1 Å². The van der Waals surface area contributed by atoms with Crippen LogP contribution in [0.25, 0.3) is 0 Å². The monoisotopic (exact) mass is 440 g/mol. The molecule has 3 rings (SSSR count). The van der Waals surface area contributed by atoms with E-state index in [1.165, 1.54) is 4.31 Å². The second kappa shape index (κ2) is 8.39. The van der Waals surface area contributed by atoms with Crippen molar-refractivity contribution >= 4 is 15.9 Å². The van der Waals surface area contributed by atoms with Crippen LogP contribution in [-0.2, 0) is 16.2 Å². The van der Waals surface area contributed by atoms with E-state index in [0.29, 0.717) is 24.9 Å². The summed E-state index contributed by atoms with van der Waals surface area (Å²) >= 11 is 0. The van der Waals surface area contributed by atoms with Crippen LogP contribution >= 0.6 is 0 Å². The lowest BCUT2D eigenvalue weighted by Crippen LogP contribution is -2.43. The molecule has 1 unspecified atom stereocenters. The molecule has 1 N–H and O–H groups in total. The van der Waals surface area contributed by atoms with Crippen molar-refractivity contribution in [3.05, 3.63) is 64.7 Å². The first-order valence-electron chi connectivity index (χ1n) is 9.54. The molecule has 30 heavy (non-hydrogen) atoms. The number of rotatable bonds is 5. The number of hydrogen-bond acceptors (Lipinski definition) is 3. The van der Waals surface area contributed by atoms with Crippen LogP contribution in [-0.4, -0.2) is 37.8 Å². The van der Waals surface area contributed by atoms with Gasteiger partial charge in [-0.15, -0.1) is 0 Å². The van der Waals surface area contributed by atoms with E-state index in [2.05, 4.69) is 5.32 Å². The predicted octanol–water partition coefficient (Wildman–Crippen LogP) is 3.91. The van der Waals surface area contributed by atoms with E-state index in [4.69, 9.17) is 0 Å². The zero-order valence-electron chi connectivity index (χ0n) is 16.7. The van der Waals surface area contributed by atoms with Gasteiger partial charge in [0, 0.05) is 24.7 Å². The number of amides is 1. The lowest BCUT2D eigenvalue weighted by atomic mass is 10.1. The second-order valence-corrected chi connectivity index (χ2v) is 9.32. The van der Waals surface area contributed by atoms with Crippen LogP contribution in [0.15, 0.2) is 47.4 Å². The Morgan fingerprint density at radius 2 is 1.80 bits per heavy atom. The summed E-state index contributed by atoms with van der Waals surface area (Å²) < 4.78 is 65.7. The minimum absolute atomic E-state index is 0.0873. The van der Waals surface area contributed by atoms with Crippen LogP contribution in [0.1, 0.15) is 39.9 Å². The third-order valence-corrected chi connectivity index (χ3v) is 7.32. The van der Waals surface area contributed by atoms with Gasteiger partial charge in [-0.25, -0.2) is 8.42 Å². The Balaban J connectivity index is 1.71. The molecular formula is C21H23F3N2O3S. The van der Waals surface area contributed by atoms with E-state index in [1.54, 1.807) is 19.1 Å². The van der Waals surface area contributed by atoms with E-state index in [-0.39, 0.29) is 17.0 Å². The molecular weight excluding hydrogens is 417 g/mol. The van der Waals surface area contributed by atoms with E-state index in [0.717, 1.165) is 29.8 Å². The number of benzene rings is 2. The smallest absolute Gasteiger partial charge is 0.350 e. The highest BCUT2D eigenvalue weighted by atomic mass is 32.2. The molecule has 1 aliphatic rings. The Hall–Kier alpha value is -2.39. The predicted molar refractivity (Wildman–Crippen MR) is 107 cm³/mol. The number of sulfonamides is 1. The molecule has 0 bridgehead atoms. The number of carbonyl (C=O) groups is 1. The molecule has 1 heterocycles. The van der Waals surface area contributed by atoms with Gasteiger partial charge in [-0.2, -0.15) is 17.5 Å². The molecule has 1 fully saturated rings. The summed E-state index contributed by atoms with van der Waals surface area (Å²) in [5, 5.41) is 2.65. The van der Waals surface area contributed by atoms with Crippen molar-refractivity contribution < 1.29 is 26.4 Å². The zero-order valence-corrected chi connectivity index (χ0v) is 17.5. The maximum Gasteiger partial charge on any atom is 0.416 e. The molecule has 0 radical (unpaired) electrons. The molecule has 1 saturated heterocycles. The Morgan fingerprint density at radius 3 is 2.43 bits per heavy atom. The van der Waals surface area contributed by atoms with E-state index < -0.39 is 33.7 Å². The summed E-state index contributed by atoms with van der Waals surface area (Å²) in [6.45, 7) is 4.01. The maximum absolute atomic E-state index is 13.2. The lowest BCUT2D eigenvalue weighted by molar-refractivity contribution is -0.137. The summed E-state index contributed by atoms with van der Waals surface area (Å²) in [4.78, 5) is 12.6. The van der Waals surface area contributed by atoms with Gasteiger partial charge in [0.1, 0.15) is 0 Å². The first-order chi connectivity index (χ1) is 14.0. The normalized spacial score (nSPS) is 17.8. The Labute approximate surface area is 173 Å². The zero-order chi connectivity index (χ0) is 22.1. The van der Waals surface area contributed by atoms with E-state index in [9.17, 15) is 26.4 Å². The van der Waals surface area contributed by atoms with Crippen molar-refractivity contribution in [2.75, 3.05) is 13.1 Å². The molecule has 0 saturated carbocycles. The average molecular weight is 440 g/mol. The minimum Gasteiger partial charge on any atom is -0.350 e. The molecule has 162 valence electrons. The van der Waals surface area contributed by atoms with Gasteiger partial charge in [0.05, 0.1) is 10.5 Å². The van der Waals surface area contributed by atoms with Gasteiger partial charge in [-0.3, -0.25) is 4.79 Å². The molecule has 1 amide bonds. The molecule has 2 aromatic rings. The van der Waals surface area contributed by atoms with Crippen LogP contribution in [0, 0.1) is 13.8 Å². The van der Waals surface area contributed by atoms with Gasteiger partial charge < -0.3 is 5.32 Å². The van der Waals surface area contributed by atoms with Gasteiger partial charge in [-0.05, 0) is 68.1 Å². The van der Waals surface area contributed by atoms with Gasteiger partial charge in [0.2, 0.25) is 10.0 Å². The molecule has 1 aliphatic heterocycles. The largest absolute Gasteiger partial charge is 0.416 e. The van der Waals surface area contributed by atoms with Gasteiger partial charge >= 0.3 is 6.18 Å². The summed E-state index contributed by atoms with van der Waals surface area (Å²) in [7, 11) is -3.72. The van der Waals surface area contributed by atoms with Crippen molar-refractivity contribution in [1.29, 1.82) is 0 Å². The van der Waals surface area contributed by atoms with Crippen LogP contribution in [0.2, 0.25) is 0 Å². The van der Waals surface area contributed by atoms with Gasteiger partial charge in [0.25, 0.3) is 5.91 Å². The third-order valence-electron chi connectivity index (χ3n) is 5.23. The molecule has 0 aromatic heterocycles. The Kier molecular flexibility index (Phi) is 6.24. The highest BCUT2D eigenvalue weighted by molar-refractivity contribution is 7.89. The number of nitrogens with one attached hydrogen (secondary N) is 1. The molecule has 9 heteroatoms. The summed E-state index contributed by atoms with van der Waals surface area (Å²) in [6, 6.07) is 8.76. The van der Waals surface area contributed by atoms with E-state index in [1.807, 2.05) is 13.0 Å². The molecule has 2 aromatic carbocycles. The first kappa shape index (κ1) is 22.3. The fraction of sp³-hybridized carbons (Fsp3) is 0.381. The fourth-order valence-electron chi connectivity index (χ4n) is 3.56. The van der Waals surface area contributed by atoms with Gasteiger partial charge in [0.15, 0.2) is 0 Å². The Bertz CT molecular complexity index is 1030. The highest BCUT2D eigenvalue weighted by Gasteiger charge is 2.36. The number of alkyl halides is 3. The highest BCUT2D eigenvalue weighted by Crippen LogP contribution is 2.30. The van der Waals surface area contributed by atoms with Crippen LogP contribution in [0.4, 0.5) is 13.2 Å². The maximum atomic E-state index is 13.2. The number of nitrogens with zero attached hydrogens (tertiary/aromatic N) is 1. The quantitative estimate of drug-likeness (QED) is 0.767. The average Bonchev–Trinajstić information content (AvgIpc) is 3.17. The first-order valence-corrected chi connectivity index (χ1v) is 11.0. The molecule has 0 spiro atoms.